The zero-order valence-corrected chi connectivity index (χ0v) is 20.2. The number of nitrogens with zero attached hydrogens (tertiary/aromatic N) is 4. The lowest BCUT2D eigenvalue weighted by atomic mass is 10.1. The van der Waals surface area contributed by atoms with Gasteiger partial charge in [-0.2, -0.15) is 0 Å². The molecule has 0 aliphatic heterocycles. The predicted molar refractivity (Wildman–Crippen MR) is 123 cm³/mol. The molecule has 31 heavy (non-hydrogen) atoms. The van der Waals surface area contributed by atoms with Crippen LogP contribution in [0.2, 0.25) is 5.02 Å². The van der Waals surface area contributed by atoms with Crippen molar-refractivity contribution in [3.8, 4) is 17.2 Å². The highest BCUT2D eigenvalue weighted by atomic mass is 79.9. The third-order valence-electron chi connectivity index (χ3n) is 4.37. The van der Waals surface area contributed by atoms with Gasteiger partial charge < -0.3 is 9.47 Å². The number of methoxy groups -OCH3 is 1. The summed E-state index contributed by atoms with van der Waals surface area (Å²) in [5.41, 5.74) is 1.52. The van der Waals surface area contributed by atoms with Crippen molar-refractivity contribution in [1.82, 2.24) is 14.8 Å². The fourth-order valence-electron chi connectivity index (χ4n) is 2.99. The van der Waals surface area contributed by atoms with Gasteiger partial charge in [-0.05, 0) is 55.8 Å². The molecule has 0 aliphatic rings. The average Bonchev–Trinajstić information content (AvgIpc) is 3.09. The molecule has 2 aromatic carbocycles. The van der Waals surface area contributed by atoms with E-state index in [9.17, 15) is 10.1 Å². The Hall–Kier alpha value is -2.30. The Labute approximate surface area is 197 Å². The van der Waals surface area contributed by atoms with Crippen LogP contribution < -0.4 is 9.47 Å². The van der Waals surface area contributed by atoms with Crippen molar-refractivity contribution in [1.29, 1.82) is 0 Å². The Bertz CT molecular complexity index is 1080. The molecule has 3 rings (SSSR count). The van der Waals surface area contributed by atoms with E-state index in [2.05, 4.69) is 26.1 Å². The topological polar surface area (TPSA) is 92.3 Å². The van der Waals surface area contributed by atoms with E-state index >= 15 is 0 Å². The van der Waals surface area contributed by atoms with Gasteiger partial charge in [-0.15, -0.1) is 10.2 Å². The lowest BCUT2D eigenvalue weighted by molar-refractivity contribution is -0.479. The molecule has 0 bridgehead atoms. The quantitative estimate of drug-likeness (QED) is 0.206. The Morgan fingerprint density at radius 3 is 2.58 bits per heavy atom. The van der Waals surface area contributed by atoms with E-state index in [4.69, 9.17) is 21.1 Å². The van der Waals surface area contributed by atoms with Crippen LogP contribution in [0.15, 0.2) is 46.0 Å². The number of benzene rings is 2. The van der Waals surface area contributed by atoms with Gasteiger partial charge >= 0.3 is 0 Å². The van der Waals surface area contributed by atoms with Crippen LogP contribution in [0.5, 0.6) is 11.5 Å². The highest BCUT2D eigenvalue weighted by molar-refractivity contribution is 9.10. The fourth-order valence-corrected chi connectivity index (χ4v) is 5.07. The normalized spacial score (nSPS) is 11.9. The number of hydrogen-bond acceptors (Lipinski definition) is 7. The number of halogens is 2. The largest absolute Gasteiger partial charge is 0.493 e. The third-order valence-corrected chi connectivity index (χ3v) is 6.47. The van der Waals surface area contributed by atoms with Gasteiger partial charge in [-0.3, -0.25) is 14.7 Å². The Kier molecular flexibility index (Phi) is 7.79. The lowest BCUT2D eigenvalue weighted by Gasteiger charge is -2.18. The number of thioether (sulfide) groups is 1. The molecule has 0 amide bonds. The van der Waals surface area contributed by atoms with Crippen molar-refractivity contribution in [2.24, 2.45) is 0 Å². The minimum Gasteiger partial charge on any atom is -0.493 e. The van der Waals surface area contributed by atoms with Gasteiger partial charge in [-0.25, -0.2) is 0 Å². The van der Waals surface area contributed by atoms with Crippen molar-refractivity contribution in [2.75, 3.05) is 20.3 Å². The summed E-state index contributed by atoms with van der Waals surface area (Å²) in [6, 6.07) is 10.8. The summed E-state index contributed by atoms with van der Waals surface area (Å²) in [6.45, 7) is 3.81. The number of hydrogen-bond donors (Lipinski definition) is 0. The summed E-state index contributed by atoms with van der Waals surface area (Å²) in [5.74, 6) is 1.73. The highest BCUT2D eigenvalue weighted by Gasteiger charge is 2.27. The molecule has 1 atom stereocenters. The van der Waals surface area contributed by atoms with Crippen molar-refractivity contribution in [2.45, 2.75) is 24.3 Å². The monoisotopic (exact) mass is 526 g/mol. The van der Waals surface area contributed by atoms with Crippen LogP contribution in [-0.2, 0) is 0 Å². The zero-order valence-electron chi connectivity index (χ0n) is 17.0. The van der Waals surface area contributed by atoms with Crippen LogP contribution >= 0.6 is 39.3 Å². The van der Waals surface area contributed by atoms with E-state index in [1.807, 2.05) is 30.5 Å². The first-order valence-corrected chi connectivity index (χ1v) is 11.4. The standard InChI is InChI=1S/C20H20BrClN4O4S/c1-4-30-18-9-15(16(21)10-17(18)29-3)19(11-25(27)28)31-20-24-23-12(2)26(20)14-7-5-13(22)6-8-14/h5-10,19H,4,11H2,1-3H3/t19-/m0/s1. The van der Waals surface area contributed by atoms with E-state index in [1.165, 1.54) is 11.8 Å². The summed E-state index contributed by atoms with van der Waals surface area (Å²) in [5, 5.41) is 20.5. The number of aryl methyl sites for hydroxylation is 1. The van der Waals surface area contributed by atoms with Gasteiger partial charge in [-0.1, -0.05) is 39.3 Å². The Balaban J connectivity index is 2.04. The SMILES string of the molecule is CCOc1cc([C@H](C[N+](=O)[O-])Sc2nnc(C)n2-c2ccc(Cl)cc2)c(Br)cc1OC. The van der Waals surface area contributed by atoms with E-state index in [1.54, 1.807) is 31.4 Å². The smallest absolute Gasteiger partial charge is 0.220 e. The summed E-state index contributed by atoms with van der Waals surface area (Å²) in [7, 11) is 1.55. The first kappa shape index (κ1) is 23.4. The van der Waals surface area contributed by atoms with Crippen LogP contribution in [0.3, 0.4) is 0 Å². The molecule has 8 nitrogen and oxygen atoms in total. The second-order valence-corrected chi connectivity index (χ2v) is 8.88. The molecular weight excluding hydrogens is 508 g/mol. The number of ether oxygens (including phenoxy) is 2. The molecule has 0 unspecified atom stereocenters. The fraction of sp³-hybridized carbons (Fsp3) is 0.300. The van der Waals surface area contributed by atoms with Gasteiger partial charge in [0.25, 0.3) is 0 Å². The molecule has 3 aromatic rings. The number of nitro groups is 1. The third kappa shape index (κ3) is 5.50. The number of aromatic nitrogens is 3. The van der Waals surface area contributed by atoms with Gasteiger partial charge in [0.15, 0.2) is 16.7 Å². The van der Waals surface area contributed by atoms with Gasteiger partial charge in [0.1, 0.15) is 11.1 Å². The highest BCUT2D eigenvalue weighted by Crippen LogP contribution is 2.43. The molecule has 0 saturated carbocycles. The Morgan fingerprint density at radius 1 is 1.26 bits per heavy atom. The van der Waals surface area contributed by atoms with Crippen molar-refractivity contribution < 1.29 is 14.4 Å². The van der Waals surface area contributed by atoms with Gasteiger partial charge in [0.2, 0.25) is 6.54 Å². The average molecular weight is 528 g/mol. The summed E-state index contributed by atoms with van der Waals surface area (Å²) in [4.78, 5) is 11.1. The molecule has 1 heterocycles. The number of rotatable bonds is 9. The van der Waals surface area contributed by atoms with Crippen LogP contribution in [-0.4, -0.2) is 39.9 Å². The molecular formula is C20H20BrClN4O4S. The molecule has 0 aliphatic carbocycles. The minimum atomic E-state index is -0.552. The maximum Gasteiger partial charge on any atom is 0.220 e. The molecule has 11 heteroatoms. The Morgan fingerprint density at radius 2 is 1.97 bits per heavy atom. The first-order chi connectivity index (χ1) is 14.8. The van der Waals surface area contributed by atoms with Crippen molar-refractivity contribution >= 4 is 39.3 Å². The molecule has 0 N–H and O–H groups in total. The molecule has 0 spiro atoms. The van der Waals surface area contributed by atoms with E-state index < -0.39 is 5.25 Å². The second-order valence-electron chi connectivity index (χ2n) is 6.42. The lowest BCUT2D eigenvalue weighted by Crippen LogP contribution is -2.12. The van der Waals surface area contributed by atoms with Gasteiger partial charge in [0, 0.05) is 20.1 Å². The van der Waals surface area contributed by atoms with Crippen molar-refractivity contribution in [3.63, 3.8) is 0 Å². The summed E-state index contributed by atoms with van der Waals surface area (Å²) < 4.78 is 13.6. The predicted octanol–water partition coefficient (Wildman–Crippen LogP) is 5.51. The van der Waals surface area contributed by atoms with E-state index in [0.717, 1.165) is 5.69 Å². The molecule has 0 saturated heterocycles. The zero-order chi connectivity index (χ0) is 22.5. The summed E-state index contributed by atoms with van der Waals surface area (Å²) >= 11 is 10.8. The molecule has 1 aromatic heterocycles. The molecule has 0 fully saturated rings. The van der Waals surface area contributed by atoms with Crippen LogP contribution in [0, 0.1) is 17.0 Å². The van der Waals surface area contributed by atoms with Gasteiger partial charge in [0.05, 0.1) is 13.7 Å². The van der Waals surface area contributed by atoms with Crippen LogP contribution in [0.4, 0.5) is 0 Å². The maximum atomic E-state index is 11.5. The van der Waals surface area contributed by atoms with E-state index in [0.29, 0.717) is 44.1 Å². The first-order valence-electron chi connectivity index (χ1n) is 9.30. The maximum absolute atomic E-state index is 11.5. The summed E-state index contributed by atoms with van der Waals surface area (Å²) in [6.07, 6.45) is 0. The van der Waals surface area contributed by atoms with Crippen molar-refractivity contribution in [3.05, 3.63) is 67.4 Å². The minimum absolute atomic E-state index is 0.312. The van der Waals surface area contributed by atoms with E-state index in [-0.39, 0.29) is 11.5 Å². The van der Waals surface area contributed by atoms with Crippen LogP contribution in [0.25, 0.3) is 5.69 Å². The molecule has 164 valence electrons. The molecule has 0 radical (unpaired) electrons. The van der Waals surface area contributed by atoms with Crippen LogP contribution in [0.1, 0.15) is 23.6 Å². The second kappa shape index (κ2) is 10.3.